The molecule has 2 aliphatic rings. The summed E-state index contributed by atoms with van der Waals surface area (Å²) in [5.74, 6) is -0.987. The maximum Gasteiger partial charge on any atom is 0.334 e. The lowest BCUT2D eigenvalue weighted by Crippen LogP contribution is -2.29. The maximum absolute atomic E-state index is 11.2. The van der Waals surface area contributed by atoms with E-state index in [1.165, 1.54) is 13.0 Å². The molecule has 2 aliphatic heterocycles. The quantitative estimate of drug-likeness (QED) is 0.532. The summed E-state index contributed by atoms with van der Waals surface area (Å²) < 4.78 is 15.4. The third kappa shape index (κ3) is 2.74. The fourth-order valence-corrected chi connectivity index (χ4v) is 1.80. The molecule has 0 N–H and O–H groups in total. The molecule has 0 aromatic rings. The summed E-state index contributed by atoms with van der Waals surface area (Å²) in [5, 5.41) is 0. The molecule has 0 radical (unpaired) electrons. The van der Waals surface area contributed by atoms with Gasteiger partial charge in [-0.15, -0.1) is 0 Å². The Labute approximate surface area is 99.0 Å². The minimum Gasteiger partial charge on any atom is -0.421 e. The van der Waals surface area contributed by atoms with Gasteiger partial charge in [0.15, 0.2) is 0 Å². The van der Waals surface area contributed by atoms with Crippen LogP contribution in [-0.4, -0.2) is 30.9 Å². The van der Waals surface area contributed by atoms with Gasteiger partial charge in [0.25, 0.3) is 6.29 Å². The van der Waals surface area contributed by atoms with Crippen LogP contribution in [0.15, 0.2) is 23.3 Å². The molecule has 5 nitrogen and oxygen atoms in total. The van der Waals surface area contributed by atoms with Crippen molar-refractivity contribution in [1.82, 2.24) is 0 Å². The van der Waals surface area contributed by atoms with Crippen molar-refractivity contribution in [2.45, 2.75) is 32.7 Å². The molecule has 0 saturated heterocycles. The summed E-state index contributed by atoms with van der Waals surface area (Å²) >= 11 is 0. The number of cyclic esters (lactones) is 1. The Balaban J connectivity index is 2.10. The largest absolute Gasteiger partial charge is 0.421 e. The number of hydrogen-bond donors (Lipinski definition) is 0. The van der Waals surface area contributed by atoms with E-state index >= 15 is 0 Å². The molecule has 2 rings (SSSR count). The molecule has 2 atom stereocenters. The molecule has 2 heterocycles. The highest BCUT2D eigenvalue weighted by Crippen LogP contribution is 2.27. The van der Waals surface area contributed by atoms with Crippen molar-refractivity contribution in [3.63, 3.8) is 0 Å². The Morgan fingerprint density at radius 2 is 2.29 bits per heavy atom. The normalized spacial score (nSPS) is 28.2. The maximum atomic E-state index is 11.2. The van der Waals surface area contributed by atoms with Gasteiger partial charge in [0.05, 0.1) is 12.7 Å². The fourth-order valence-electron chi connectivity index (χ4n) is 1.80. The molecule has 0 aromatic heterocycles. The van der Waals surface area contributed by atoms with Gasteiger partial charge in [-0.2, -0.15) is 0 Å². The summed E-state index contributed by atoms with van der Waals surface area (Å²) in [7, 11) is 0. The van der Waals surface area contributed by atoms with Gasteiger partial charge >= 0.3 is 11.9 Å². The number of carbonyl (C=O) groups excluding carboxylic acids is 2. The van der Waals surface area contributed by atoms with Crippen molar-refractivity contribution in [1.29, 1.82) is 0 Å². The first-order chi connectivity index (χ1) is 8.06. The van der Waals surface area contributed by atoms with E-state index in [2.05, 4.69) is 0 Å². The lowest BCUT2D eigenvalue weighted by Gasteiger charge is -2.24. The highest BCUT2D eigenvalue weighted by Gasteiger charge is 2.35. The SMILES string of the molecule is CC(=O)O[C@@H]1OC(=O)C=C1[C@@H]1CC=C(C)CO1. The van der Waals surface area contributed by atoms with Gasteiger partial charge < -0.3 is 14.2 Å². The van der Waals surface area contributed by atoms with Crippen LogP contribution in [0, 0.1) is 0 Å². The first-order valence-electron chi connectivity index (χ1n) is 5.43. The lowest BCUT2D eigenvalue weighted by molar-refractivity contribution is -0.173. The van der Waals surface area contributed by atoms with E-state index in [0.717, 1.165) is 5.57 Å². The first-order valence-corrected chi connectivity index (χ1v) is 5.43. The molecular formula is C12H14O5. The van der Waals surface area contributed by atoms with E-state index in [4.69, 9.17) is 14.2 Å². The van der Waals surface area contributed by atoms with E-state index in [1.54, 1.807) is 0 Å². The lowest BCUT2D eigenvalue weighted by atomic mass is 10.0. The molecule has 0 spiro atoms. The van der Waals surface area contributed by atoms with Crippen LogP contribution in [0.2, 0.25) is 0 Å². The Hall–Kier alpha value is -1.62. The molecule has 0 aromatic carbocycles. The van der Waals surface area contributed by atoms with Crippen LogP contribution >= 0.6 is 0 Å². The second-order valence-electron chi connectivity index (χ2n) is 4.11. The third-order valence-corrected chi connectivity index (χ3v) is 2.62. The van der Waals surface area contributed by atoms with Crippen LogP contribution in [0.5, 0.6) is 0 Å². The van der Waals surface area contributed by atoms with E-state index < -0.39 is 18.2 Å². The summed E-state index contributed by atoms with van der Waals surface area (Å²) in [4.78, 5) is 22.1. The van der Waals surface area contributed by atoms with Gasteiger partial charge in [-0.3, -0.25) is 4.79 Å². The smallest absolute Gasteiger partial charge is 0.334 e. The predicted octanol–water partition coefficient (Wildman–Crippen LogP) is 1.09. The second kappa shape index (κ2) is 4.71. The molecule has 5 heteroatoms. The predicted molar refractivity (Wildman–Crippen MR) is 57.8 cm³/mol. The monoisotopic (exact) mass is 238 g/mol. The van der Waals surface area contributed by atoms with Gasteiger partial charge in [-0.1, -0.05) is 11.6 Å². The standard InChI is InChI=1S/C12H14O5/c1-7-3-4-10(15-6-7)9-5-11(14)17-12(9)16-8(2)13/h3,5,10,12H,4,6H2,1-2H3/t10-,12+/m0/s1. The van der Waals surface area contributed by atoms with Gasteiger partial charge in [-0.05, 0) is 13.3 Å². The van der Waals surface area contributed by atoms with Crippen LogP contribution in [0.1, 0.15) is 20.3 Å². The van der Waals surface area contributed by atoms with Crippen molar-refractivity contribution in [2.24, 2.45) is 0 Å². The summed E-state index contributed by atoms with van der Waals surface area (Å²) in [5.41, 5.74) is 1.73. The zero-order valence-corrected chi connectivity index (χ0v) is 9.76. The highest BCUT2D eigenvalue weighted by molar-refractivity contribution is 5.86. The van der Waals surface area contributed by atoms with Crippen molar-refractivity contribution in [3.05, 3.63) is 23.3 Å². The number of rotatable bonds is 2. The van der Waals surface area contributed by atoms with Crippen LogP contribution in [0.4, 0.5) is 0 Å². The van der Waals surface area contributed by atoms with E-state index in [1.807, 2.05) is 13.0 Å². The molecule has 0 fully saturated rings. The van der Waals surface area contributed by atoms with Gasteiger partial charge in [0.2, 0.25) is 0 Å². The third-order valence-electron chi connectivity index (χ3n) is 2.62. The summed E-state index contributed by atoms with van der Waals surface area (Å²) in [6, 6.07) is 0. The Bertz CT molecular complexity index is 407. The Morgan fingerprint density at radius 1 is 1.53 bits per heavy atom. The van der Waals surface area contributed by atoms with Crippen LogP contribution in [0.3, 0.4) is 0 Å². The molecule has 92 valence electrons. The fraction of sp³-hybridized carbons (Fsp3) is 0.500. The number of carbonyl (C=O) groups is 2. The van der Waals surface area contributed by atoms with Crippen LogP contribution < -0.4 is 0 Å². The minimum atomic E-state index is -0.934. The summed E-state index contributed by atoms with van der Waals surface area (Å²) in [6.45, 7) is 3.77. The average Bonchev–Trinajstić information content (AvgIpc) is 2.59. The molecule has 17 heavy (non-hydrogen) atoms. The zero-order valence-electron chi connectivity index (χ0n) is 9.76. The zero-order chi connectivity index (χ0) is 12.4. The van der Waals surface area contributed by atoms with Gasteiger partial charge in [-0.25, -0.2) is 4.79 Å². The van der Waals surface area contributed by atoms with Crippen molar-refractivity contribution in [3.8, 4) is 0 Å². The minimum absolute atomic E-state index is 0.255. The molecule has 0 aliphatic carbocycles. The van der Waals surface area contributed by atoms with Gasteiger partial charge in [0.1, 0.15) is 0 Å². The number of ether oxygens (including phenoxy) is 3. The molecule has 0 saturated carbocycles. The van der Waals surface area contributed by atoms with Crippen molar-refractivity contribution >= 4 is 11.9 Å². The first kappa shape index (κ1) is 11.9. The molecule has 0 amide bonds. The average molecular weight is 238 g/mol. The van der Waals surface area contributed by atoms with E-state index in [-0.39, 0.29) is 6.10 Å². The topological polar surface area (TPSA) is 61.8 Å². The second-order valence-corrected chi connectivity index (χ2v) is 4.11. The number of esters is 2. The van der Waals surface area contributed by atoms with Crippen molar-refractivity contribution < 1.29 is 23.8 Å². The number of hydrogen-bond acceptors (Lipinski definition) is 5. The van der Waals surface area contributed by atoms with Crippen LogP contribution in [-0.2, 0) is 23.8 Å². The molecule has 0 bridgehead atoms. The molecular weight excluding hydrogens is 224 g/mol. The van der Waals surface area contributed by atoms with Crippen LogP contribution in [0.25, 0.3) is 0 Å². The highest BCUT2D eigenvalue weighted by atomic mass is 16.7. The Kier molecular flexibility index (Phi) is 3.28. The molecule has 0 unspecified atom stereocenters. The van der Waals surface area contributed by atoms with E-state index in [0.29, 0.717) is 18.6 Å². The van der Waals surface area contributed by atoms with Gasteiger partial charge in [0, 0.05) is 18.6 Å². The Morgan fingerprint density at radius 3 is 2.88 bits per heavy atom. The van der Waals surface area contributed by atoms with E-state index in [9.17, 15) is 9.59 Å². The summed E-state index contributed by atoms with van der Waals surface area (Å²) in [6.07, 6.45) is 2.85. The van der Waals surface area contributed by atoms with Crippen molar-refractivity contribution in [2.75, 3.05) is 6.61 Å².